The molecule has 0 saturated heterocycles. The van der Waals surface area contributed by atoms with Gasteiger partial charge in [-0.1, -0.05) is 66.0 Å². The Morgan fingerprint density at radius 1 is 1.11 bits per heavy atom. The Hall–Kier alpha value is -2.39. The van der Waals surface area contributed by atoms with E-state index in [-0.39, 0.29) is 18.5 Å². The van der Waals surface area contributed by atoms with Crippen molar-refractivity contribution in [3.05, 3.63) is 64.1 Å². The lowest BCUT2D eigenvalue weighted by Gasteiger charge is -2.33. The topological polar surface area (TPSA) is 86.8 Å². The smallest absolute Gasteiger partial charge is 0.244 e. The minimum atomic E-state index is -3.75. The van der Waals surface area contributed by atoms with E-state index in [0.717, 1.165) is 47.4 Å². The van der Waals surface area contributed by atoms with Gasteiger partial charge in [0.05, 0.1) is 11.9 Å². The first kappa shape index (κ1) is 27.2. The Balaban J connectivity index is 1.93. The zero-order valence-electron chi connectivity index (χ0n) is 20.5. The number of aryl methyl sites for hydroxylation is 1. The summed E-state index contributed by atoms with van der Waals surface area (Å²) in [4.78, 5) is 28.6. The van der Waals surface area contributed by atoms with Crippen LogP contribution >= 0.6 is 15.9 Å². The molecule has 190 valence electrons. The first-order valence-corrected chi connectivity index (χ1v) is 14.6. The van der Waals surface area contributed by atoms with Gasteiger partial charge in [0.15, 0.2) is 0 Å². The summed E-state index contributed by atoms with van der Waals surface area (Å²) in [5, 5.41) is 3.12. The predicted octanol–water partition coefficient (Wildman–Crippen LogP) is 4.39. The molecule has 2 aromatic rings. The molecule has 1 atom stereocenters. The number of halogens is 1. The van der Waals surface area contributed by atoms with Crippen LogP contribution in [0.15, 0.2) is 53.0 Å². The van der Waals surface area contributed by atoms with Crippen molar-refractivity contribution < 1.29 is 18.0 Å². The number of nitrogens with zero attached hydrogens (tertiary/aromatic N) is 2. The van der Waals surface area contributed by atoms with E-state index in [1.807, 2.05) is 38.1 Å². The molecular formula is C26H34BrN3O4S. The van der Waals surface area contributed by atoms with Crippen molar-refractivity contribution >= 4 is 43.5 Å². The molecule has 1 N–H and O–H groups in total. The van der Waals surface area contributed by atoms with Gasteiger partial charge in [-0.25, -0.2) is 8.42 Å². The molecule has 0 aliphatic heterocycles. The average Bonchev–Trinajstić information content (AvgIpc) is 3.30. The van der Waals surface area contributed by atoms with Crippen LogP contribution in [0.1, 0.15) is 50.2 Å². The lowest BCUT2D eigenvalue weighted by Crippen LogP contribution is -2.53. The third kappa shape index (κ3) is 7.30. The minimum absolute atomic E-state index is 0.126. The maximum atomic E-state index is 13.7. The maximum Gasteiger partial charge on any atom is 0.244 e. The van der Waals surface area contributed by atoms with Crippen LogP contribution in [0, 0.1) is 6.92 Å². The number of amides is 2. The summed E-state index contributed by atoms with van der Waals surface area (Å²) in [5.41, 5.74) is 2.30. The number of carbonyl (C=O) groups is 2. The molecule has 35 heavy (non-hydrogen) atoms. The fourth-order valence-electron chi connectivity index (χ4n) is 4.50. The van der Waals surface area contributed by atoms with E-state index in [2.05, 4.69) is 21.2 Å². The zero-order valence-corrected chi connectivity index (χ0v) is 22.9. The summed E-state index contributed by atoms with van der Waals surface area (Å²) < 4.78 is 27.1. The second-order valence-corrected chi connectivity index (χ2v) is 11.9. The Labute approximate surface area is 217 Å². The first-order chi connectivity index (χ1) is 16.6. The monoisotopic (exact) mass is 563 g/mol. The second-order valence-electron chi connectivity index (χ2n) is 9.11. The predicted molar refractivity (Wildman–Crippen MR) is 143 cm³/mol. The molecule has 9 heteroatoms. The minimum Gasteiger partial charge on any atom is -0.352 e. The van der Waals surface area contributed by atoms with Crippen molar-refractivity contribution in [2.45, 2.75) is 64.6 Å². The standard InChI is InChI=1S/C26H34BrN3O4S/c1-4-24(26(32)28-22-13-7-8-14-22)29(17-20-11-6-5-10-19(20)2)25(31)18-30(35(3,33)34)23-15-9-12-21(27)16-23/h5-6,9-12,15-16,22,24H,4,7-8,13-14,17-18H2,1-3H3,(H,28,32)/t24-/m1/s1. The summed E-state index contributed by atoms with van der Waals surface area (Å²) in [6.45, 7) is 3.66. The number of carbonyl (C=O) groups excluding carboxylic acids is 2. The van der Waals surface area contributed by atoms with Crippen molar-refractivity contribution in [1.29, 1.82) is 0 Å². The third-order valence-electron chi connectivity index (χ3n) is 6.46. The van der Waals surface area contributed by atoms with Gasteiger partial charge >= 0.3 is 0 Å². The molecule has 0 aromatic heterocycles. The number of nitrogens with one attached hydrogen (secondary N) is 1. The quantitative estimate of drug-likeness (QED) is 0.464. The van der Waals surface area contributed by atoms with Crippen LogP contribution < -0.4 is 9.62 Å². The van der Waals surface area contributed by atoms with Crippen LogP contribution in [-0.4, -0.2) is 50.0 Å². The van der Waals surface area contributed by atoms with Gasteiger partial charge in [-0.15, -0.1) is 0 Å². The Kier molecular flexibility index (Phi) is 9.35. The summed E-state index contributed by atoms with van der Waals surface area (Å²) in [7, 11) is -3.75. The summed E-state index contributed by atoms with van der Waals surface area (Å²) in [6, 6.07) is 13.9. The van der Waals surface area contributed by atoms with E-state index >= 15 is 0 Å². The van der Waals surface area contributed by atoms with Crippen LogP contribution in [-0.2, 0) is 26.2 Å². The SMILES string of the molecule is CC[C@H](C(=O)NC1CCCC1)N(Cc1ccccc1C)C(=O)CN(c1cccc(Br)c1)S(C)(=O)=O. The molecule has 3 rings (SSSR count). The summed E-state index contributed by atoms with van der Waals surface area (Å²) in [5.74, 6) is -0.609. The van der Waals surface area contributed by atoms with E-state index in [1.54, 1.807) is 24.3 Å². The van der Waals surface area contributed by atoms with Crippen LogP contribution in [0.25, 0.3) is 0 Å². The van der Waals surface area contributed by atoms with E-state index in [0.29, 0.717) is 16.6 Å². The first-order valence-electron chi connectivity index (χ1n) is 12.0. The normalized spacial score (nSPS) is 15.0. The molecular weight excluding hydrogens is 530 g/mol. The highest BCUT2D eigenvalue weighted by Gasteiger charge is 2.33. The van der Waals surface area contributed by atoms with Gasteiger partial charge in [-0.3, -0.25) is 13.9 Å². The molecule has 1 fully saturated rings. The third-order valence-corrected chi connectivity index (χ3v) is 8.10. The molecule has 1 aliphatic rings. The van der Waals surface area contributed by atoms with Gasteiger partial charge in [0.1, 0.15) is 12.6 Å². The summed E-state index contributed by atoms with van der Waals surface area (Å²) >= 11 is 3.37. The molecule has 0 bridgehead atoms. The zero-order chi connectivity index (χ0) is 25.6. The Morgan fingerprint density at radius 2 is 1.80 bits per heavy atom. The molecule has 0 spiro atoms. The van der Waals surface area contributed by atoms with Crippen LogP contribution in [0.3, 0.4) is 0 Å². The second kappa shape index (κ2) is 12.0. The van der Waals surface area contributed by atoms with Gasteiger partial charge in [-0.2, -0.15) is 0 Å². The molecule has 7 nitrogen and oxygen atoms in total. The molecule has 0 heterocycles. The largest absolute Gasteiger partial charge is 0.352 e. The molecule has 2 aromatic carbocycles. The molecule has 1 aliphatic carbocycles. The van der Waals surface area contributed by atoms with Crippen LogP contribution in [0.5, 0.6) is 0 Å². The van der Waals surface area contributed by atoms with Crippen molar-refractivity contribution in [2.24, 2.45) is 0 Å². The number of rotatable bonds is 10. The average molecular weight is 565 g/mol. The van der Waals surface area contributed by atoms with E-state index < -0.39 is 28.5 Å². The van der Waals surface area contributed by atoms with Gasteiger partial charge in [0.25, 0.3) is 0 Å². The lowest BCUT2D eigenvalue weighted by molar-refractivity contribution is -0.140. The van der Waals surface area contributed by atoms with Gasteiger partial charge in [0.2, 0.25) is 21.8 Å². The number of hydrogen-bond donors (Lipinski definition) is 1. The molecule has 2 amide bonds. The molecule has 1 saturated carbocycles. The Bertz CT molecular complexity index is 1150. The Morgan fingerprint density at radius 3 is 2.40 bits per heavy atom. The van der Waals surface area contributed by atoms with Gasteiger partial charge in [-0.05, 0) is 55.5 Å². The van der Waals surface area contributed by atoms with Gasteiger partial charge in [0, 0.05) is 17.1 Å². The van der Waals surface area contributed by atoms with Crippen molar-refractivity contribution in [3.8, 4) is 0 Å². The number of sulfonamides is 1. The molecule has 0 radical (unpaired) electrons. The van der Waals surface area contributed by atoms with Crippen LogP contribution in [0.2, 0.25) is 0 Å². The van der Waals surface area contributed by atoms with E-state index in [1.165, 1.54) is 4.90 Å². The number of benzene rings is 2. The fraction of sp³-hybridized carbons (Fsp3) is 0.462. The highest BCUT2D eigenvalue weighted by Crippen LogP contribution is 2.24. The van der Waals surface area contributed by atoms with Crippen molar-refractivity contribution in [3.63, 3.8) is 0 Å². The molecule has 0 unspecified atom stereocenters. The number of anilines is 1. The van der Waals surface area contributed by atoms with Gasteiger partial charge < -0.3 is 10.2 Å². The lowest BCUT2D eigenvalue weighted by atomic mass is 10.1. The highest BCUT2D eigenvalue weighted by molar-refractivity contribution is 9.10. The summed E-state index contributed by atoms with van der Waals surface area (Å²) in [6.07, 6.45) is 5.56. The van der Waals surface area contributed by atoms with Crippen molar-refractivity contribution in [1.82, 2.24) is 10.2 Å². The highest BCUT2D eigenvalue weighted by atomic mass is 79.9. The van der Waals surface area contributed by atoms with E-state index in [4.69, 9.17) is 0 Å². The maximum absolute atomic E-state index is 13.7. The van der Waals surface area contributed by atoms with Crippen LogP contribution in [0.4, 0.5) is 5.69 Å². The fourth-order valence-corrected chi connectivity index (χ4v) is 5.73. The number of hydrogen-bond acceptors (Lipinski definition) is 4. The van der Waals surface area contributed by atoms with Crippen molar-refractivity contribution in [2.75, 3.05) is 17.1 Å². The van der Waals surface area contributed by atoms with E-state index in [9.17, 15) is 18.0 Å².